The van der Waals surface area contributed by atoms with Gasteiger partial charge in [0.15, 0.2) is 0 Å². The maximum absolute atomic E-state index is 11.2. The van der Waals surface area contributed by atoms with E-state index in [1.807, 2.05) is 13.8 Å². The van der Waals surface area contributed by atoms with E-state index in [0.29, 0.717) is 11.1 Å². The van der Waals surface area contributed by atoms with Crippen LogP contribution in [0.2, 0.25) is 0 Å². The minimum absolute atomic E-state index is 0.175. The zero-order chi connectivity index (χ0) is 11.6. The molecule has 0 saturated heterocycles. The molecule has 0 heterocycles. The summed E-state index contributed by atoms with van der Waals surface area (Å²) in [4.78, 5) is 22.1. The number of hydrogen-bond acceptors (Lipinski definition) is 2. The van der Waals surface area contributed by atoms with E-state index in [2.05, 4.69) is 0 Å². The summed E-state index contributed by atoms with van der Waals surface area (Å²) in [7, 11) is 0. The smallest absolute Gasteiger partial charge is 0.249 e. The molecule has 0 radical (unpaired) electrons. The van der Waals surface area contributed by atoms with Crippen molar-refractivity contribution in [1.82, 2.24) is 0 Å². The first-order chi connectivity index (χ1) is 6.93. The van der Waals surface area contributed by atoms with Crippen LogP contribution in [0.5, 0.6) is 0 Å². The second-order valence-corrected chi connectivity index (χ2v) is 3.69. The molecule has 0 aromatic heterocycles. The molecule has 0 atom stereocenters. The second kappa shape index (κ2) is 4.13. The summed E-state index contributed by atoms with van der Waals surface area (Å²) in [6, 6.07) is 4.76. The molecule has 0 fully saturated rings. The van der Waals surface area contributed by atoms with Crippen LogP contribution in [0, 0.1) is 0 Å². The average Bonchev–Trinajstić information content (AvgIpc) is 2.16. The van der Waals surface area contributed by atoms with Gasteiger partial charge in [0.05, 0.1) is 0 Å². The van der Waals surface area contributed by atoms with Crippen LogP contribution in [-0.2, 0) is 0 Å². The Kier molecular flexibility index (Phi) is 3.09. The van der Waals surface area contributed by atoms with Gasteiger partial charge < -0.3 is 11.5 Å². The van der Waals surface area contributed by atoms with Crippen LogP contribution in [0.1, 0.15) is 46.0 Å². The maximum Gasteiger partial charge on any atom is 0.249 e. The molecule has 4 N–H and O–H groups in total. The van der Waals surface area contributed by atoms with Gasteiger partial charge >= 0.3 is 0 Å². The van der Waals surface area contributed by atoms with E-state index in [0.717, 1.165) is 5.56 Å². The molecule has 1 aromatic rings. The first kappa shape index (κ1) is 11.2. The first-order valence-electron chi connectivity index (χ1n) is 4.67. The fourth-order valence-electron chi connectivity index (χ4n) is 1.43. The quantitative estimate of drug-likeness (QED) is 0.773. The van der Waals surface area contributed by atoms with Gasteiger partial charge in [0, 0.05) is 11.1 Å². The van der Waals surface area contributed by atoms with Crippen LogP contribution in [0.25, 0.3) is 0 Å². The lowest BCUT2D eigenvalue weighted by Gasteiger charge is -2.10. The standard InChI is InChI=1S/C11H14N2O2/c1-6(2)8-4-3-7(10(12)14)5-9(8)11(13)15/h3-6H,1-2H3,(H2,12,14)(H2,13,15). The third-order valence-corrected chi connectivity index (χ3v) is 2.23. The monoisotopic (exact) mass is 206 g/mol. The SMILES string of the molecule is CC(C)c1ccc(C(N)=O)cc1C(N)=O. The topological polar surface area (TPSA) is 86.2 Å². The van der Waals surface area contributed by atoms with Crippen LogP contribution < -0.4 is 11.5 Å². The van der Waals surface area contributed by atoms with E-state index in [-0.39, 0.29) is 5.92 Å². The Balaban J connectivity index is 3.33. The Labute approximate surface area is 88.3 Å². The van der Waals surface area contributed by atoms with Crippen molar-refractivity contribution in [2.75, 3.05) is 0 Å². The lowest BCUT2D eigenvalue weighted by Crippen LogP contribution is -2.17. The lowest BCUT2D eigenvalue weighted by molar-refractivity contribution is 0.0998. The molecule has 0 spiro atoms. The van der Waals surface area contributed by atoms with Crippen molar-refractivity contribution < 1.29 is 9.59 Å². The van der Waals surface area contributed by atoms with E-state index in [4.69, 9.17) is 11.5 Å². The molecule has 0 aliphatic carbocycles. The van der Waals surface area contributed by atoms with Crippen molar-refractivity contribution in [3.63, 3.8) is 0 Å². The minimum Gasteiger partial charge on any atom is -0.366 e. The number of benzene rings is 1. The fraction of sp³-hybridized carbons (Fsp3) is 0.273. The Hall–Kier alpha value is -1.84. The third-order valence-electron chi connectivity index (χ3n) is 2.23. The molecular formula is C11H14N2O2. The highest BCUT2D eigenvalue weighted by molar-refractivity contribution is 5.99. The van der Waals surface area contributed by atoms with Gasteiger partial charge in [-0.1, -0.05) is 19.9 Å². The minimum atomic E-state index is -0.562. The molecule has 0 aliphatic heterocycles. The second-order valence-electron chi connectivity index (χ2n) is 3.69. The zero-order valence-electron chi connectivity index (χ0n) is 8.78. The summed E-state index contributed by atoms with van der Waals surface area (Å²) in [6.45, 7) is 3.90. The van der Waals surface area contributed by atoms with Crippen LogP contribution in [0.4, 0.5) is 0 Å². The van der Waals surface area contributed by atoms with Crippen molar-refractivity contribution in [2.45, 2.75) is 19.8 Å². The van der Waals surface area contributed by atoms with Gasteiger partial charge in [0.1, 0.15) is 0 Å². The Morgan fingerprint density at radius 1 is 1.13 bits per heavy atom. The van der Waals surface area contributed by atoms with Crippen molar-refractivity contribution in [3.8, 4) is 0 Å². The van der Waals surface area contributed by atoms with E-state index >= 15 is 0 Å². The number of carbonyl (C=O) groups excluding carboxylic acids is 2. The van der Waals surface area contributed by atoms with Crippen LogP contribution in [0.3, 0.4) is 0 Å². The molecule has 0 saturated carbocycles. The van der Waals surface area contributed by atoms with Crippen molar-refractivity contribution in [3.05, 3.63) is 34.9 Å². The largest absolute Gasteiger partial charge is 0.366 e. The fourth-order valence-corrected chi connectivity index (χ4v) is 1.43. The molecule has 1 aromatic carbocycles. The normalized spacial score (nSPS) is 10.3. The molecule has 0 bridgehead atoms. The Bertz CT molecular complexity index is 411. The maximum atomic E-state index is 11.2. The lowest BCUT2D eigenvalue weighted by atomic mass is 9.95. The predicted molar refractivity (Wildman–Crippen MR) is 57.6 cm³/mol. The Morgan fingerprint density at radius 3 is 2.13 bits per heavy atom. The zero-order valence-corrected chi connectivity index (χ0v) is 8.78. The van der Waals surface area contributed by atoms with Gasteiger partial charge in [-0.2, -0.15) is 0 Å². The molecule has 1 rings (SSSR count). The van der Waals surface area contributed by atoms with Gasteiger partial charge in [-0.05, 0) is 23.6 Å². The highest BCUT2D eigenvalue weighted by Crippen LogP contribution is 2.20. The van der Waals surface area contributed by atoms with Crippen LogP contribution >= 0.6 is 0 Å². The number of rotatable bonds is 3. The highest BCUT2D eigenvalue weighted by atomic mass is 16.1. The van der Waals surface area contributed by atoms with Crippen LogP contribution in [0.15, 0.2) is 18.2 Å². The van der Waals surface area contributed by atoms with E-state index in [9.17, 15) is 9.59 Å². The van der Waals surface area contributed by atoms with Crippen molar-refractivity contribution in [2.24, 2.45) is 11.5 Å². The molecule has 0 aliphatic rings. The molecular weight excluding hydrogens is 192 g/mol. The number of primary amides is 2. The van der Waals surface area contributed by atoms with Gasteiger partial charge in [-0.15, -0.1) is 0 Å². The molecule has 15 heavy (non-hydrogen) atoms. The molecule has 4 nitrogen and oxygen atoms in total. The molecule has 0 unspecified atom stereocenters. The highest BCUT2D eigenvalue weighted by Gasteiger charge is 2.13. The predicted octanol–water partition coefficient (Wildman–Crippen LogP) is 1.01. The van der Waals surface area contributed by atoms with E-state index in [1.165, 1.54) is 6.07 Å². The Morgan fingerprint density at radius 2 is 1.73 bits per heavy atom. The molecule has 2 amide bonds. The summed E-state index contributed by atoms with van der Waals surface area (Å²) in [5.41, 5.74) is 11.8. The van der Waals surface area contributed by atoms with Gasteiger partial charge in [-0.25, -0.2) is 0 Å². The number of carbonyl (C=O) groups is 2. The van der Waals surface area contributed by atoms with E-state index < -0.39 is 11.8 Å². The van der Waals surface area contributed by atoms with Gasteiger partial charge in [0.25, 0.3) is 0 Å². The van der Waals surface area contributed by atoms with E-state index in [1.54, 1.807) is 12.1 Å². The molecule has 80 valence electrons. The molecule has 4 heteroatoms. The summed E-state index contributed by atoms with van der Waals surface area (Å²) in [6.07, 6.45) is 0. The van der Waals surface area contributed by atoms with Gasteiger partial charge in [0.2, 0.25) is 11.8 Å². The third kappa shape index (κ3) is 2.34. The number of hydrogen-bond donors (Lipinski definition) is 2. The first-order valence-corrected chi connectivity index (χ1v) is 4.67. The number of nitrogens with two attached hydrogens (primary N) is 2. The summed E-state index contributed by atoms with van der Waals surface area (Å²) < 4.78 is 0. The van der Waals surface area contributed by atoms with Crippen molar-refractivity contribution in [1.29, 1.82) is 0 Å². The van der Waals surface area contributed by atoms with Crippen molar-refractivity contribution >= 4 is 11.8 Å². The summed E-state index contributed by atoms with van der Waals surface area (Å²) >= 11 is 0. The van der Waals surface area contributed by atoms with Crippen LogP contribution in [-0.4, -0.2) is 11.8 Å². The summed E-state index contributed by atoms with van der Waals surface area (Å²) in [5, 5.41) is 0. The van der Waals surface area contributed by atoms with Gasteiger partial charge in [-0.3, -0.25) is 9.59 Å². The summed E-state index contributed by atoms with van der Waals surface area (Å²) in [5.74, 6) is -0.927. The number of amides is 2. The average molecular weight is 206 g/mol.